The molecule has 1 heterocycles. The third-order valence-corrected chi connectivity index (χ3v) is 4.82. The van der Waals surface area contributed by atoms with Gasteiger partial charge in [-0.25, -0.2) is 9.78 Å². The van der Waals surface area contributed by atoms with Crippen LogP contribution in [-0.2, 0) is 25.6 Å². The molecule has 0 saturated heterocycles. The fraction of sp³-hybridized carbons (Fsp3) is 0.562. The van der Waals surface area contributed by atoms with Crippen LogP contribution in [-0.4, -0.2) is 81.2 Å². The van der Waals surface area contributed by atoms with Gasteiger partial charge in [0.25, 0.3) is 0 Å². The monoisotopic (exact) mass is 446 g/mol. The minimum absolute atomic E-state index is 0.0419. The Morgan fingerprint density at radius 1 is 1.28 bits per heavy atom. The molecule has 0 spiro atoms. The number of aromatic amines is 1. The summed E-state index contributed by atoms with van der Waals surface area (Å²) in [4.78, 5) is 54.1. The van der Waals surface area contributed by atoms with Crippen molar-refractivity contribution in [3.63, 3.8) is 0 Å². The first kappa shape index (κ1) is 24.8. The van der Waals surface area contributed by atoms with Gasteiger partial charge in [-0.05, 0) is 18.4 Å². The highest BCUT2D eigenvalue weighted by atomic mass is 32.2. The predicted molar refractivity (Wildman–Crippen MR) is 112 cm³/mol. The molecule has 0 saturated carbocycles. The van der Waals surface area contributed by atoms with E-state index in [4.69, 9.17) is 5.73 Å². The number of aromatic nitrogens is 2. The molecule has 0 aliphatic rings. The van der Waals surface area contributed by atoms with Crippen LogP contribution in [0.4, 0.5) is 0 Å². The molecule has 11 nitrogen and oxygen atoms in total. The first-order valence-electron chi connectivity index (χ1n) is 8.71. The number of nitrogens with two attached hydrogens (primary N) is 1. The maximum atomic E-state index is 12.3. The van der Waals surface area contributed by atoms with Gasteiger partial charge in [-0.1, -0.05) is 0 Å². The number of thioether (sulfide) groups is 1. The quantitative estimate of drug-likeness (QED) is 0.172. The minimum atomic E-state index is -1.16. The van der Waals surface area contributed by atoms with Crippen molar-refractivity contribution in [1.82, 2.24) is 25.9 Å². The van der Waals surface area contributed by atoms with Crippen molar-refractivity contribution in [2.24, 2.45) is 5.73 Å². The van der Waals surface area contributed by atoms with E-state index in [0.717, 1.165) is 0 Å². The maximum Gasteiger partial charge on any atom is 0.326 e. The number of carbonyl (C=O) groups is 4. The van der Waals surface area contributed by atoms with Crippen LogP contribution >= 0.6 is 24.4 Å². The summed E-state index contributed by atoms with van der Waals surface area (Å²) in [6, 6.07) is -2.98. The van der Waals surface area contributed by atoms with Crippen molar-refractivity contribution in [3.8, 4) is 0 Å². The zero-order chi connectivity index (χ0) is 21.8. The van der Waals surface area contributed by atoms with Crippen molar-refractivity contribution in [1.29, 1.82) is 0 Å². The standard InChI is InChI=1S/C16H26N6O5S2/c1-29-3-2-11(16(26)27)22-15(25)12(7-28)21-13(23)6-19-14(24)10(17)4-9-5-18-8-20-9/h5,8,10-12,28H,2-4,6-7,17H2,1H3,(H,18,20)(H,19,24)(H,21,23)(H,22,25)(H,26,27). The molecule has 1 aromatic rings. The number of carboxylic acids is 1. The third kappa shape index (κ3) is 9.19. The van der Waals surface area contributed by atoms with Gasteiger partial charge < -0.3 is 31.8 Å². The molecule has 1 aromatic heterocycles. The zero-order valence-electron chi connectivity index (χ0n) is 15.9. The summed E-state index contributed by atoms with van der Waals surface area (Å²) in [5.41, 5.74) is 6.45. The number of imidazole rings is 1. The summed E-state index contributed by atoms with van der Waals surface area (Å²) in [5, 5.41) is 16.4. The smallest absolute Gasteiger partial charge is 0.326 e. The summed E-state index contributed by atoms with van der Waals surface area (Å²) < 4.78 is 0. The van der Waals surface area contributed by atoms with Crippen molar-refractivity contribution < 1.29 is 24.3 Å². The highest BCUT2D eigenvalue weighted by molar-refractivity contribution is 7.98. The van der Waals surface area contributed by atoms with Crippen molar-refractivity contribution in [3.05, 3.63) is 18.2 Å². The number of carboxylic acid groups (broad SMARTS) is 1. The van der Waals surface area contributed by atoms with Crippen LogP contribution in [0, 0.1) is 0 Å². The zero-order valence-corrected chi connectivity index (χ0v) is 17.6. The first-order chi connectivity index (χ1) is 13.8. The van der Waals surface area contributed by atoms with Gasteiger partial charge in [0.15, 0.2) is 0 Å². The molecule has 3 unspecified atom stereocenters. The minimum Gasteiger partial charge on any atom is -0.480 e. The second kappa shape index (κ2) is 13.1. The van der Waals surface area contributed by atoms with Crippen LogP contribution in [0.5, 0.6) is 0 Å². The molecule has 29 heavy (non-hydrogen) atoms. The van der Waals surface area contributed by atoms with Crippen LogP contribution in [0.2, 0.25) is 0 Å². The molecule has 1 rings (SSSR count). The van der Waals surface area contributed by atoms with Crippen molar-refractivity contribution in [2.75, 3.05) is 24.3 Å². The lowest BCUT2D eigenvalue weighted by atomic mass is 10.1. The second-order valence-corrected chi connectivity index (χ2v) is 7.44. The number of hydrogen-bond acceptors (Lipinski definition) is 8. The highest BCUT2D eigenvalue weighted by Crippen LogP contribution is 2.02. The van der Waals surface area contributed by atoms with Gasteiger partial charge in [0.2, 0.25) is 17.7 Å². The summed E-state index contributed by atoms with van der Waals surface area (Å²) in [7, 11) is 0. The summed E-state index contributed by atoms with van der Waals surface area (Å²) in [6.45, 7) is -0.387. The Bertz CT molecular complexity index is 687. The van der Waals surface area contributed by atoms with Crippen LogP contribution in [0.1, 0.15) is 12.1 Å². The average molecular weight is 447 g/mol. The lowest BCUT2D eigenvalue weighted by molar-refractivity contribution is -0.142. The van der Waals surface area contributed by atoms with E-state index in [-0.39, 0.29) is 25.1 Å². The third-order valence-electron chi connectivity index (χ3n) is 3.81. The number of H-pyrrole nitrogens is 1. The number of thiol groups is 1. The topological polar surface area (TPSA) is 179 Å². The highest BCUT2D eigenvalue weighted by Gasteiger charge is 2.25. The molecule has 0 fully saturated rings. The van der Waals surface area contributed by atoms with Gasteiger partial charge in [0.05, 0.1) is 18.9 Å². The van der Waals surface area contributed by atoms with E-state index in [9.17, 15) is 24.3 Å². The SMILES string of the molecule is CSCCC(NC(=O)C(CS)NC(=O)CNC(=O)C(N)Cc1cnc[nH]1)C(=O)O. The van der Waals surface area contributed by atoms with Crippen LogP contribution in [0.3, 0.4) is 0 Å². The first-order valence-corrected chi connectivity index (χ1v) is 10.7. The fourth-order valence-corrected chi connectivity index (χ4v) is 2.96. The molecule has 0 aliphatic heterocycles. The number of rotatable bonds is 13. The lowest BCUT2D eigenvalue weighted by Crippen LogP contribution is -2.54. The molecule has 0 bridgehead atoms. The van der Waals surface area contributed by atoms with E-state index in [2.05, 4.69) is 38.5 Å². The number of hydrogen-bond donors (Lipinski definition) is 7. The van der Waals surface area contributed by atoms with E-state index < -0.39 is 41.8 Å². The van der Waals surface area contributed by atoms with Gasteiger partial charge >= 0.3 is 5.97 Å². The molecule has 0 radical (unpaired) electrons. The number of nitrogens with one attached hydrogen (secondary N) is 4. The van der Waals surface area contributed by atoms with Gasteiger partial charge in [0.1, 0.15) is 12.1 Å². The molecule has 3 amide bonds. The predicted octanol–water partition coefficient (Wildman–Crippen LogP) is -1.87. The van der Waals surface area contributed by atoms with Gasteiger partial charge in [-0.3, -0.25) is 14.4 Å². The normalized spacial score (nSPS) is 13.8. The Morgan fingerprint density at radius 2 is 2.00 bits per heavy atom. The number of nitrogens with zero attached hydrogens (tertiary/aromatic N) is 1. The Morgan fingerprint density at radius 3 is 2.55 bits per heavy atom. The molecular weight excluding hydrogens is 420 g/mol. The lowest BCUT2D eigenvalue weighted by Gasteiger charge is -2.20. The largest absolute Gasteiger partial charge is 0.480 e. The molecule has 7 N–H and O–H groups in total. The fourth-order valence-electron chi connectivity index (χ4n) is 2.23. The van der Waals surface area contributed by atoms with Crippen molar-refractivity contribution in [2.45, 2.75) is 31.0 Å². The van der Waals surface area contributed by atoms with Gasteiger partial charge in [-0.15, -0.1) is 0 Å². The Kier molecular flexibility index (Phi) is 11.2. The average Bonchev–Trinajstić information content (AvgIpc) is 3.19. The van der Waals surface area contributed by atoms with E-state index >= 15 is 0 Å². The van der Waals surface area contributed by atoms with E-state index in [1.54, 1.807) is 6.20 Å². The maximum absolute atomic E-state index is 12.3. The molecule has 162 valence electrons. The summed E-state index contributed by atoms with van der Waals surface area (Å²) in [6.07, 6.45) is 5.31. The van der Waals surface area contributed by atoms with Crippen molar-refractivity contribution >= 4 is 48.1 Å². The Balaban J connectivity index is 2.47. The molecule has 0 aromatic carbocycles. The molecular formula is C16H26N6O5S2. The van der Waals surface area contributed by atoms with Gasteiger partial charge in [-0.2, -0.15) is 24.4 Å². The number of carbonyl (C=O) groups excluding carboxylic acids is 3. The van der Waals surface area contributed by atoms with Crippen LogP contribution in [0.15, 0.2) is 12.5 Å². The molecule has 0 aliphatic carbocycles. The Hall–Kier alpha value is -2.25. The second-order valence-electron chi connectivity index (χ2n) is 6.09. The van der Waals surface area contributed by atoms with E-state index in [1.807, 2.05) is 6.26 Å². The Labute approximate surface area is 177 Å². The van der Waals surface area contributed by atoms with Gasteiger partial charge in [0, 0.05) is 24.1 Å². The number of aliphatic carboxylic acids is 1. The van der Waals surface area contributed by atoms with Crippen LogP contribution in [0.25, 0.3) is 0 Å². The van der Waals surface area contributed by atoms with E-state index in [1.165, 1.54) is 18.1 Å². The number of amides is 3. The van der Waals surface area contributed by atoms with E-state index in [0.29, 0.717) is 11.4 Å². The molecule has 3 atom stereocenters. The van der Waals surface area contributed by atoms with Crippen LogP contribution < -0.4 is 21.7 Å². The summed E-state index contributed by atoms with van der Waals surface area (Å²) >= 11 is 5.48. The summed E-state index contributed by atoms with van der Waals surface area (Å²) in [5.74, 6) is -2.47. The molecule has 13 heteroatoms.